The fourth-order valence-electron chi connectivity index (χ4n) is 3.19. The number of benzene rings is 2. The van der Waals surface area contributed by atoms with Crippen molar-refractivity contribution in [3.63, 3.8) is 0 Å². The molecule has 0 unspecified atom stereocenters. The number of aliphatic hydroxyl groups is 1. The number of carbonyl (C=O) groups is 2. The fraction of sp³-hybridized carbons (Fsp3) is 0.200. The number of methoxy groups -OCH3 is 1. The van der Waals surface area contributed by atoms with Crippen molar-refractivity contribution in [1.29, 1.82) is 0 Å². The molecule has 1 heterocycles. The highest BCUT2D eigenvalue weighted by molar-refractivity contribution is 6.11. The van der Waals surface area contributed by atoms with E-state index in [-0.39, 0.29) is 18.7 Å². The number of hydrogen-bond acceptors (Lipinski definition) is 4. The van der Waals surface area contributed by atoms with Gasteiger partial charge in [-0.1, -0.05) is 36.4 Å². The Labute approximate surface area is 146 Å². The number of anilines is 1. The van der Waals surface area contributed by atoms with Gasteiger partial charge in [0, 0.05) is 12.1 Å². The Morgan fingerprint density at radius 1 is 1.24 bits per heavy atom. The van der Waals surface area contributed by atoms with E-state index in [0.717, 1.165) is 0 Å². The molecular formula is C20H19NO4. The quantitative estimate of drug-likeness (QED) is 0.650. The lowest BCUT2D eigenvalue weighted by Gasteiger charge is -2.22. The molecule has 25 heavy (non-hydrogen) atoms. The predicted molar refractivity (Wildman–Crippen MR) is 94.8 cm³/mol. The number of ether oxygens (including phenoxy) is 1. The molecule has 3 rings (SSSR count). The van der Waals surface area contributed by atoms with Crippen LogP contribution in [0.25, 0.3) is 0 Å². The molecule has 0 aromatic heterocycles. The van der Waals surface area contributed by atoms with Crippen LogP contribution in [0.15, 0.2) is 61.2 Å². The Bertz CT molecular complexity index is 845. The highest BCUT2D eigenvalue weighted by atomic mass is 16.5. The highest BCUT2D eigenvalue weighted by Gasteiger charge is 2.50. The minimum absolute atomic E-state index is 0.265. The molecule has 1 aliphatic heterocycles. The molecule has 0 saturated heterocycles. The number of ketones is 1. The summed E-state index contributed by atoms with van der Waals surface area (Å²) < 4.78 is 5.21. The second kappa shape index (κ2) is 6.53. The maximum Gasteiger partial charge on any atom is 0.264 e. The summed E-state index contributed by atoms with van der Waals surface area (Å²) >= 11 is 0. The third-order valence-corrected chi connectivity index (χ3v) is 4.37. The zero-order chi connectivity index (χ0) is 18.0. The molecule has 1 N–H and O–H groups in total. The highest BCUT2D eigenvalue weighted by Crippen LogP contribution is 2.43. The Morgan fingerprint density at radius 3 is 2.64 bits per heavy atom. The Balaban J connectivity index is 2.00. The number of amides is 1. The van der Waals surface area contributed by atoms with Crippen LogP contribution in [0.1, 0.15) is 22.3 Å². The molecule has 1 amide bonds. The van der Waals surface area contributed by atoms with Crippen LogP contribution in [0.4, 0.5) is 5.69 Å². The van der Waals surface area contributed by atoms with Crippen LogP contribution in [-0.4, -0.2) is 30.5 Å². The summed E-state index contributed by atoms with van der Waals surface area (Å²) in [6, 6.07) is 13.7. The zero-order valence-corrected chi connectivity index (χ0v) is 13.9. The van der Waals surface area contributed by atoms with Gasteiger partial charge in [-0.05, 0) is 18.2 Å². The summed E-state index contributed by atoms with van der Waals surface area (Å²) in [5, 5.41) is 11.1. The molecule has 0 spiro atoms. The van der Waals surface area contributed by atoms with Crippen LogP contribution in [0.5, 0.6) is 5.75 Å². The number of hydrogen-bond donors (Lipinski definition) is 1. The van der Waals surface area contributed by atoms with Crippen molar-refractivity contribution in [2.24, 2.45) is 0 Å². The van der Waals surface area contributed by atoms with E-state index in [2.05, 4.69) is 6.58 Å². The lowest BCUT2D eigenvalue weighted by atomic mass is 9.88. The molecule has 2 aromatic rings. The lowest BCUT2D eigenvalue weighted by Crippen LogP contribution is -2.42. The molecule has 2 aromatic carbocycles. The average Bonchev–Trinajstić information content (AvgIpc) is 2.84. The van der Waals surface area contributed by atoms with Gasteiger partial charge in [0.1, 0.15) is 5.75 Å². The normalized spacial score (nSPS) is 18.8. The number of fused-ring (bicyclic) bond motifs is 1. The first-order chi connectivity index (χ1) is 12.0. The summed E-state index contributed by atoms with van der Waals surface area (Å²) in [5.41, 5.74) is -0.518. The third-order valence-electron chi connectivity index (χ3n) is 4.37. The molecule has 5 heteroatoms. The van der Waals surface area contributed by atoms with Crippen LogP contribution < -0.4 is 9.64 Å². The minimum atomic E-state index is -1.89. The predicted octanol–water partition coefficient (Wildman–Crippen LogP) is 2.69. The van der Waals surface area contributed by atoms with Crippen LogP contribution in [-0.2, 0) is 10.4 Å². The first-order valence-electron chi connectivity index (χ1n) is 7.94. The van der Waals surface area contributed by atoms with Crippen molar-refractivity contribution in [3.8, 4) is 5.75 Å². The van der Waals surface area contributed by atoms with Crippen molar-refractivity contribution in [1.82, 2.24) is 0 Å². The van der Waals surface area contributed by atoms with Crippen LogP contribution in [0.2, 0.25) is 0 Å². The lowest BCUT2D eigenvalue weighted by molar-refractivity contribution is -0.135. The van der Waals surface area contributed by atoms with Gasteiger partial charge in [-0.15, -0.1) is 6.58 Å². The zero-order valence-electron chi connectivity index (χ0n) is 13.9. The summed E-state index contributed by atoms with van der Waals surface area (Å²) in [5.74, 6) is -0.460. The van der Waals surface area contributed by atoms with E-state index in [0.29, 0.717) is 22.6 Å². The molecule has 1 atom stereocenters. The van der Waals surface area contributed by atoms with Crippen LogP contribution >= 0.6 is 0 Å². The SMILES string of the molecule is C=CCN1C(=O)[C@](O)(CC(=O)c2ccccc2OC)c2ccccc21. The smallest absolute Gasteiger partial charge is 0.264 e. The first-order valence-corrected chi connectivity index (χ1v) is 7.94. The molecule has 1 aliphatic rings. The van der Waals surface area contributed by atoms with E-state index in [9.17, 15) is 14.7 Å². The Morgan fingerprint density at radius 2 is 1.92 bits per heavy atom. The van der Waals surface area contributed by atoms with Gasteiger partial charge in [-0.2, -0.15) is 0 Å². The maximum atomic E-state index is 12.8. The number of rotatable bonds is 6. The van der Waals surface area contributed by atoms with Crippen molar-refractivity contribution >= 4 is 17.4 Å². The van der Waals surface area contributed by atoms with E-state index in [4.69, 9.17) is 4.74 Å². The molecule has 5 nitrogen and oxygen atoms in total. The summed E-state index contributed by atoms with van der Waals surface area (Å²) in [7, 11) is 1.47. The molecule has 0 aliphatic carbocycles. The van der Waals surface area contributed by atoms with Gasteiger partial charge >= 0.3 is 0 Å². The van der Waals surface area contributed by atoms with Gasteiger partial charge in [-0.25, -0.2) is 0 Å². The van der Waals surface area contributed by atoms with Crippen molar-refractivity contribution in [2.45, 2.75) is 12.0 Å². The molecule has 128 valence electrons. The van der Waals surface area contributed by atoms with Gasteiger partial charge in [0.05, 0.1) is 24.8 Å². The maximum absolute atomic E-state index is 12.8. The van der Waals surface area contributed by atoms with E-state index in [1.807, 2.05) is 0 Å². The van der Waals surface area contributed by atoms with E-state index in [1.165, 1.54) is 12.0 Å². The van der Waals surface area contributed by atoms with Gasteiger partial charge < -0.3 is 14.7 Å². The standard InChI is InChI=1S/C20H19NO4/c1-3-12-21-16-10-6-5-9-15(16)20(24,19(21)23)13-17(22)14-8-4-7-11-18(14)25-2/h3-11,24H,1,12-13H2,2H3/t20-/m0/s1. The third kappa shape index (κ3) is 2.72. The number of carbonyl (C=O) groups excluding carboxylic acids is 2. The second-order valence-electron chi connectivity index (χ2n) is 5.88. The van der Waals surface area contributed by atoms with Crippen LogP contribution in [0.3, 0.4) is 0 Å². The van der Waals surface area contributed by atoms with E-state index in [1.54, 1.807) is 54.6 Å². The fourth-order valence-corrected chi connectivity index (χ4v) is 3.19. The number of nitrogens with zero attached hydrogens (tertiary/aromatic N) is 1. The molecule has 0 bridgehead atoms. The summed E-state index contributed by atoms with van der Waals surface area (Å²) in [6.45, 7) is 3.92. The second-order valence-corrected chi connectivity index (χ2v) is 5.88. The Hall–Kier alpha value is -2.92. The van der Waals surface area contributed by atoms with Gasteiger partial charge in [0.2, 0.25) is 0 Å². The van der Waals surface area contributed by atoms with Gasteiger partial charge in [0.15, 0.2) is 11.4 Å². The monoisotopic (exact) mass is 337 g/mol. The number of Topliss-reactive ketones (excluding diaryl/α,β-unsaturated/α-hetero) is 1. The topological polar surface area (TPSA) is 66.8 Å². The van der Waals surface area contributed by atoms with Gasteiger partial charge in [-0.3, -0.25) is 9.59 Å². The molecule has 0 saturated carbocycles. The van der Waals surface area contributed by atoms with Crippen molar-refractivity contribution in [2.75, 3.05) is 18.6 Å². The average molecular weight is 337 g/mol. The summed E-state index contributed by atoms with van der Waals surface area (Å²) in [4.78, 5) is 27.1. The van der Waals surface area contributed by atoms with Crippen molar-refractivity contribution in [3.05, 3.63) is 72.3 Å². The molecule has 0 fully saturated rings. The summed E-state index contributed by atoms with van der Waals surface area (Å²) in [6.07, 6.45) is 1.24. The van der Waals surface area contributed by atoms with Gasteiger partial charge in [0.25, 0.3) is 5.91 Å². The first kappa shape index (κ1) is 16.9. The molecular weight excluding hydrogens is 318 g/mol. The molecule has 0 radical (unpaired) electrons. The largest absolute Gasteiger partial charge is 0.496 e. The van der Waals surface area contributed by atoms with E-state index < -0.39 is 11.5 Å². The van der Waals surface area contributed by atoms with Crippen LogP contribution in [0, 0.1) is 0 Å². The van der Waals surface area contributed by atoms with E-state index >= 15 is 0 Å². The Kier molecular flexibility index (Phi) is 4.42. The van der Waals surface area contributed by atoms with Crippen molar-refractivity contribution < 1.29 is 19.4 Å². The number of para-hydroxylation sites is 2. The minimum Gasteiger partial charge on any atom is -0.496 e.